The highest BCUT2D eigenvalue weighted by Crippen LogP contribution is 2.48. The molecule has 2 heterocycles. The third-order valence-electron chi connectivity index (χ3n) is 9.10. The molecule has 1 aliphatic heterocycles. The van der Waals surface area contributed by atoms with Crippen LogP contribution in [0.3, 0.4) is 0 Å². The van der Waals surface area contributed by atoms with Gasteiger partial charge in [0.2, 0.25) is 11.9 Å². The average Bonchev–Trinajstić information content (AvgIpc) is 3.99. The highest BCUT2D eigenvalue weighted by atomic mass is 19.4. The number of aromatic nitrogens is 3. The number of nitrogens with zero attached hydrogens (tertiary/aromatic N) is 5. The predicted molar refractivity (Wildman–Crippen MR) is 174 cm³/mol. The first-order valence-electron chi connectivity index (χ1n) is 16.5. The molecule has 262 valence electrons. The van der Waals surface area contributed by atoms with Crippen molar-refractivity contribution in [2.45, 2.75) is 62.7 Å². The van der Waals surface area contributed by atoms with Crippen molar-refractivity contribution in [2.24, 2.45) is 0 Å². The summed E-state index contributed by atoms with van der Waals surface area (Å²) < 4.78 is 54.3. The van der Waals surface area contributed by atoms with Gasteiger partial charge >= 0.3 is 18.2 Å². The summed E-state index contributed by atoms with van der Waals surface area (Å²) in [6, 6.07) is 13.4. The SMILES string of the molecule is CCOC(=O)COc1ccc(C2(Nc3nc(Nc4ccc(C(=O)N(C)C5(CN6CCCC6)CC5)cc4)nc(OCC(F)(F)F)n3)CC2)cc1. The fraction of sp³-hybridized carbons (Fsp3) is 0.500. The lowest BCUT2D eigenvalue weighted by Gasteiger charge is -2.32. The first-order chi connectivity index (χ1) is 23.5. The van der Waals surface area contributed by atoms with Gasteiger partial charge in [-0.25, -0.2) is 4.79 Å². The largest absolute Gasteiger partial charge is 0.482 e. The van der Waals surface area contributed by atoms with Crippen LogP contribution in [0.4, 0.5) is 30.8 Å². The Kier molecular flexibility index (Phi) is 9.82. The number of nitrogens with one attached hydrogen (secondary N) is 2. The molecule has 12 nitrogen and oxygen atoms in total. The van der Waals surface area contributed by atoms with E-state index in [0.717, 1.165) is 38.0 Å². The van der Waals surface area contributed by atoms with E-state index in [-0.39, 0.29) is 36.6 Å². The van der Waals surface area contributed by atoms with Crippen molar-refractivity contribution in [3.8, 4) is 11.8 Å². The molecule has 0 bridgehead atoms. The van der Waals surface area contributed by atoms with Crippen LogP contribution in [0.2, 0.25) is 0 Å². The monoisotopic (exact) mass is 683 g/mol. The van der Waals surface area contributed by atoms with Crippen LogP contribution in [0.1, 0.15) is 61.4 Å². The summed E-state index contributed by atoms with van der Waals surface area (Å²) in [5, 5.41) is 6.25. The van der Waals surface area contributed by atoms with Gasteiger partial charge in [-0.2, -0.15) is 28.1 Å². The zero-order chi connectivity index (χ0) is 34.6. The van der Waals surface area contributed by atoms with E-state index in [0.29, 0.717) is 29.8 Å². The molecule has 1 saturated heterocycles. The van der Waals surface area contributed by atoms with Crippen LogP contribution in [0.5, 0.6) is 11.8 Å². The molecule has 1 amide bonds. The number of alkyl halides is 3. The lowest BCUT2D eigenvalue weighted by molar-refractivity contribution is -0.154. The molecule has 3 fully saturated rings. The van der Waals surface area contributed by atoms with Gasteiger partial charge in [0, 0.05) is 24.8 Å². The van der Waals surface area contributed by atoms with E-state index in [2.05, 4.69) is 30.5 Å². The Hall–Kier alpha value is -4.66. The van der Waals surface area contributed by atoms with Crippen LogP contribution in [0, 0.1) is 0 Å². The first-order valence-corrected chi connectivity index (χ1v) is 16.5. The van der Waals surface area contributed by atoms with Crippen LogP contribution in [-0.4, -0.2) is 94.8 Å². The van der Waals surface area contributed by atoms with E-state index in [1.807, 2.05) is 24.1 Å². The van der Waals surface area contributed by atoms with Crippen LogP contribution < -0.4 is 20.1 Å². The number of likely N-dealkylation sites (tertiary alicyclic amines) is 1. The van der Waals surface area contributed by atoms with Gasteiger partial charge in [0.15, 0.2) is 13.2 Å². The number of hydrogen-bond acceptors (Lipinski definition) is 11. The second-order valence-electron chi connectivity index (χ2n) is 12.8. The molecule has 49 heavy (non-hydrogen) atoms. The van der Waals surface area contributed by atoms with Crippen molar-refractivity contribution in [2.75, 3.05) is 57.1 Å². The summed E-state index contributed by atoms with van der Waals surface area (Å²) >= 11 is 0. The van der Waals surface area contributed by atoms with Gasteiger partial charge in [0.1, 0.15) is 5.75 Å². The topological polar surface area (TPSA) is 131 Å². The first kappa shape index (κ1) is 34.2. The minimum atomic E-state index is -4.59. The molecule has 3 aromatic rings. The highest BCUT2D eigenvalue weighted by Gasteiger charge is 2.50. The van der Waals surface area contributed by atoms with Gasteiger partial charge in [-0.3, -0.25) is 4.79 Å². The van der Waals surface area contributed by atoms with E-state index >= 15 is 0 Å². The van der Waals surface area contributed by atoms with Crippen molar-refractivity contribution < 1.29 is 37.0 Å². The molecule has 0 spiro atoms. The minimum Gasteiger partial charge on any atom is -0.482 e. The maximum atomic E-state index is 13.4. The second-order valence-corrected chi connectivity index (χ2v) is 12.8. The summed E-state index contributed by atoms with van der Waals surface area (Å²) in [4.78, 5) is 41.9. The number of carbonyl (C=O) groups is 2. The van der Waals surface area contributed by atoms with Gasteiger partial charge in [-0.1, -0.05) is 12.1 Å². The molecule has 3 aliphatic rings. The number of carbonyl (C=O) groups excluding carboxylic acids is 2. The number of rotatable bonds is 15. The van der Waals surface area contributed by atoms with Gasteiger partial charge in [0.25, 0.3) is 5.91 Å². The van der Waals surface area contributed by atoms with E-state index in [1.165, 1.54) is 12.8 Å². The molecule has 2 N–H and O–H groups in total. The lowest BCUT2D eigenvalue weighted by Crippen LogP contribution is -2.46. The zero-order valence-electron chi connectivity index (χ0n) is 27.5. The van der Waals surface area contributed by atoms with Gasteiger partial charge in [-0.05, 0) is 100 Å². The number of likely N-dealkylation sites (N-methyl/N-ethyl adjacent to an activating group) is 1. The zero-order valence-corrected chi connectivity index (χ0v) is 27.5. The quantitative estimate of drug-likeness (QED) is 0.203. The van der Waals surface area contributed by atoms with Crippen LogP contribution in [0.15, 0.2) is 48.5 Å². The molecular weight excluding hydrogens is 643 g/mol. The summed E-state index contributed by atoms with van der Waals surface area (Å²) in [6.07, 6.45) is 1.20. The van der Waals surface area contributed by atoms with Gasteiger partial charge in [-0.15, -0.1) is 0 Å². The molecule has 0 radical (unpaired) electrons. The number of halogens is 3. The standard InChI is InChI=1S/C34H40F3N7O5/c1-3-47-27(45)20-48-26-12-8-24(9-13-26)33(16-17-33)42-30-39-29(40-31(41-30)49-22-34(35,36)37)38-25-10-6-23(7-11-25)28(46)43(2)32(14-15-32)21-44-18-4-5-19-44/h6-13H,3-5,14-22H2,1-2H3,(H2,38,39,40,41,42). The Balaban J connectivity index is 1.14. The summed E-state index contributed by atoms with van der Waals surface area (Å²) in [5.74, 6) is -0.0639. The predicted octanol–water partition coefficient (Wildman–Crippen LogP) is 5.30. The molecule has 6 rings (SSSR count). The molecule has 2 aliphatic carbocycles. The fourth-order valence-corrected chi connectivity index (χ4v) is 6.05. The number of esters is 1. The average molecular weight is 684 g/mol. The van der Waals surface area contributed by atoms with Gasteiger partial charge in [0.05, 0.1) is 17.7 Å². The lowest BCUT2D eigenvalue weighted by atomic mass is 10.1. The number of ether oxygens (including phenoxy) is 3. The van der Waals surface area contributed by atoms with Crippen LogP contribution in [-0.2, 0) is 15.1 Å². The number of benzene rings is 2. The van der Waals surface area contributed by atoms with E-state index in [9.17, 15) is 22.8 Å². The van der Waals surface area contributed by atoms with Gasteiger partial charge < -0.3 is 34.6 Å². The van der Waals surface area contributed by atoms with Crippen molar-refractivity contribution in [3.63, 3.8) is 0 Å². The van der Waals surface area contributed by atoms with Crippen molar-refractivity contribution in [3.05, 3.63) is 59.7 Å². The van der Waals surface area contributed by atoms with Crippen LogP contribution >= 0.6 is 0 Å². The Bertz CT molecular complexity index is 1620. The maximum absolute atomic E-state index is 13.4. The Morgan fingerprint density at radius 2 is 1.59 bits per heavy atom. The Morgan fingerprint density at radius 1 is 0.918 bits per heavy atom. The molecular formula is C34H40F3N7O5. The molecule has 0 unspecified atom stereocenters. The van der Waals surface area contributed by atoms with Crippen molar-refractivity contribution in [1.29, 1.82) is 0 Å². The smallest absolute Gasteiger partial charge is 0.422 e. The summed E-state index contributed by atoms with van der Waals surface area (Å²) in [5.41, 5.74) is 1.23. The molecule has 2 saturated carbocycles. The fourth-order valence-electron chi connectivity index (χ4n) is 6.05. The maximum Gasteiger partial charge on any atom is 0.422 e. The third kappa shape index (κ3) is 8.69. The molecule has 15 heteroatoms. The normalized spacial score (nSPS) is 17.6. The third-order valence-corrected chi connectivity index (χ3v) is 9.10. The molecule has 1 aromatic heterocycles. The minimum absolute atomic E-state index is 0.0240. The van der Waals surface area contributed by atoms with Crippen molar-refractivity contribution in [1.82, 2.24) is 24.8 Å². The van der Waals surface area contributed by atoms with Crippen molar-refractivity contribution >= 4 is 29.5 Å². The summed E-state index contributed by atoms with van der Waals surface area (Å²) in [7, 11) is 1.86. The molecule has 0 atom stereocenters. The van der Waals surface area contributed by atoms with Crippen LogP contribution in [0.25, 0.3) is 0 Å². The van der Waals surface area contributed by atoms with E-state index in [4.69, 9.17) is 14.2 Å². The Morgan fingerprint density at radius 3 is 2.20 bits per heavy atom. The Labute approximate surface area is 282 Å². The molecule has 2 aromatic carbocycles. The number of hydrogen-bond donors (Lipinski definition) is 2. The summed E-state index contributed by atoms with van der Waals surface area (Å²) in [6.45, 7) is 3.23. The highest BCUT2D eigenvalue weighted by molar-refractivity contribution is 5.95. The number of amides is 1. The second kappa shape index (κ2) is 14.1. The van der Waals surface area contributed by atoms with E-state index in [1.54, 1.807) is 43.3 Å². The number of anilines is 3. The van der Waals surface area contributed by atoms with E-state index < -0.39 is 30.3 Å².